The van der Waals surface area contributed by atoms with E-state index < -0.39 is 29.6 Å². The highest BCUT2D eigenvalue weighted by atomic mass is 16.5. The Morgan fingerprint density at radius 2 is 2.42 bits per heavy atom. The summed E-state index contributed by atoms with van der Waals surface area (Å²) >= 11 is 0. The number of hydrogen-bond acceptors (Lipinski definition) is 5. The lowest BCUT2D eigenvalue weighted by molar-refractivity contribution is -0.0271. The highest BCUT2D eigenvalue weighted by Gasteiger charge is 2.35. The second kappa shape index (κ2) is 5.27. The lowest BCUT2D eigenvalue weighted by Crippen LogP contribution is -2.33. The summed E-state index contributed by atoms with van der Waals surface area (Å²) in [4.78, 5) is 27.8. The number of nitrogens with one attached hydrogen (secondary N) is 1. The average Bonchev–Trinajstić information content (AvgIpc) is 2.77. The van der Waals surface area contributed by atoms with E-state index in [1.54, 1.807) is 6.92 Å². The molecule has 2 rings (SSSR count). The summed E-state index contributed by atoms with van der Waals surface area (Å²) in [6, 6.07) is -0.542. The van der Waals surface area contributed by atoms with Crippen molar-refractivity contribution in [2.24, 2.45) is 5.11 Å². The monoisotopic (exact) mass is 267 g/mol. The Morgan fingerprint density at radius 3 is 3.05 bits per heavy atom. The predicted molar refractivity (Wildman–Crippen MR) is 64.6 cm³/mol. The Morgan fingerprint density at radius 1 is 1.68 bits per heavy atom. The maximum absolute atomic E-state index is 11.7. The van der Waals surface area contributed by atoms with Crippen LogP contribution >= 0.6 is 0 Å². The molecule has 102 valence electrons. The molecule has 0 bridgehead atoms. The largest absolute Gasteiger partial charge is 0.394 e. The van der Waals surface area contributed by atoms with E-state index in [1.807, 2.05) is 0 Å². The van der Waals surface area contributed by atoms with Crippen molar-refractivity contribution < 1.29 is 9.84 Å². The van der Waals surface area contributed by atoms with Gasteiger partial charge in [0.15, 0.2) is 0 Å². The van der Waals surface area contributed by atoms with Crippen LogP contribution in [0.2, 0.25) is 0 Å². The molecule has 1 aromatic rings. The van der Waals surface area contributed by atoms with Crippen LogP contribution in [0.3, 0.4) is 0 Å². The standard InChI is InChI=1S/C10H13N5O4/c1-5-3-15(10(18)12-9(5)17)8-2-6(13-14-11)7(4-16)19-8/h3,6-8,16H,2,4H2,1H3,(H,12,17,18)/t6-,7+,8-/m1/s1. The van der Waals surface area contributed by atoms with Gasteiger partial charge in [0.1, 0.15) is 6.23 Å². The molecule has 1 saturated heterocycles. The molecule has 0 aromatic carbocycles. The third-order valence-electron chi connectivity index (χ3n) is 3.04. The van der Waals surface area contributed by atoms with Gasteiger partial charge in [-0.05, 0) is 12.5 Å². The van der Waals surface area contributed by atoms with Crippen LogP contribution in [0.4, 0.5) is 0 Å². The molecule has 2 N–H and O–H groups in total. The lowest BCUT2D eigenvalue weighted by Gasteiger charge is -2.14. The predicted octanol–water partition coefficient (Wildman–Crippen LogP) is -0.196. The van der Waals surface area contributed by atoms with Gasteiger partial charge in [-0.2, -0.15) is 0 Å². The Balaban J connectivity index is 2.34. The molecule has 9 heteroatoms. The fourth-order valence-electron chi connectivity index (χ4n) is 2.04. The fourth-order valence-corrected chi connectivity index (χ4v) is 2.04. The Hall–Kier alpha value is -2.09. The van der Waals surface area contributed by atoms with E-state index in [9.17, 15) is 9.59 Å². The molecule has 9 nitrogen and oxygen atoms in total. The van der Waals surface area contributed by atoms with Crippen molar-refractivity contribution in [3.05, 3.63) is 43.0 Å². The Bertz CT molecular complexity index is 630. The van der Waals surface area contributed by atoms with Gasteiger partial charge in [0, 0.05) is 23.1 Å². The van der Waals surface area contributed by atoms with Gasteiger partial charge in [-0.15, -0.1) is 0 Å². The quantitative estimate of drug-likeness (QED) is 0.445. The first-order valence-electron chi connectivity index (χ1n) is 5.69. The first kappa shape index (κ1) is 13.3. The molecule has 0 unspecified atom stereocenters. The van der Waals surface area contributed by atoms with E-state index in [0.29, 0.717) is 5.56 Å². The number of rotatable bonds is 3. The van der Waals surface area contributed by atoms with Crippen LogP contribution in [0, 0.1) is 6.92 Å². The van der Waals surface area contributed by atoms with Gasteiger partial charge in [0.25, 0.3) is 5.56 Å². The lowest BCUT2D eigenvalue weighted by atomic mass is 10.1. The highest BCUT2D eigenvalue weighted by molar-refractivity contribution is 5.02. The molecule has 1 fully saturated rings. The van der Waals surface area contributed by atoms with Gasteiger partial charge in [-0.1, -0.05) is 5.11 Å². The number of aliphatic hydroxyl groups is 1. The van der Waals surface area contributed by atoms with Crippen molar-refractivity contribution in [2.75, 3.05) is 6.61 Å². The number of nitrogens with zero attached hydrogens (tertiary/aromatic N) is 4. The molecule has 3 atom stereocenters. The van der Waals surface area contributed by atoms with Crippen LogP contribution in [-0.4, -0.2) is 33.4 Å². The van der Waals surface area contributed by atoms with Crippen molar-refractivity contribution in [2.45, 2.75) is 31.7 Å². The van der Waals surface area contributed by atoms with E-state index in [2.05, 4.69) is 15.0 Å². The van der Waals surface area contributed by atoms with Crippen LogP contribution in [0.5, 0.6) is 0 Å². The summed E-state index contributed by atoms with van der Waals surface area (Å²) in [6.45, 7) is 1.26. The minimum atomic E-state index is -0.671. The first-order chi connectivity index (χ1) is 9.06. The van der Waals surface area contributed by atoms with Gasteiger partial charge < -0.3 is 9.84 Å². The van der Waals surface area contributed by atoms with Crippen LogP contribution in [-0.2, 0) is 4.74 Å². The molecule has 0 aliphatic carbocycles. The van der Waals surface area contributed by atoms with Crippen molar-refractivity contribution >= 4 is 0 Å². The van der Waals surface area contributed by atoms with Crippen molar-refractivity contribution in [1.29, 1.82) is 0 Å². The zero-order valence-electron chi connectivity index (χ0n) is 10.2. The first-order valence-corrected chi connectivity index (χ1v) is 5.69. The van der Waals surface area contributed by atoms with Crippen molar-refractivity contribution in [3.63, 3.8) is 0 Å². The van der Waals surface area contributed by atoms with Crippen LogP contribution < -0.4 is 11.2 Å². The van der Waals surface area contributed by atoms with Gasteiger partial charge in [0.05, 0.1) is 18.8 Å². The summed E-state index contributed by atoms with van der Waals surface area (Å²) in [5.41, 5.74) is 7.76. The summed E-state index contributed by atoms with van der Waals surface area (Å²) < 4.78 is 6.69. The summed E-state index contributed by atoms with van der Waals surface area (Å²) in [5, 5.41) is 12.7. The number of aryl methyl sites for hydroxylation is 1. The van der Waals surface area contributed by atoms with Gasteiger partial charge in [-0.3, -0.25) is 14.3 Å². The second-order valence-corrected chi connectivity index (χ2v) is 4.30. The number of azide groups is 1. The highest BCUT2D eigenvalue weighted by Crippen LogP contribution is 2.29. The molecule has 1 aliphatic heterocycles. The Labute approximate surface area is 107 Å². The van der Waals surface area contributed by atoms with Gasteiger partial charge in [0.2, 0.25) is 0 Å². The Kier molecular flexibility index (Phi) is 3.70. The van der Waals surface area contributed by atoms with Crippen molar-refractivity contribution in [1.82, 2.24) is 9.55 Å². The normalized spacial score (nSPS) is 26.1. The molecular weight excluding hydrogens is 254 g/mol. The average molecular weight is 267 g/mol. The van der Waals surface area contributed by atoms with Crippen LogP contribution in [0.1, 0.15) is 18.2 Å². The molecule has 19 heavy (non-hydrogen) atoms. The maximum Gasteiger partial charge on any atom is 0.330 e. The van der Waals surface area contributed by atoms with E-state index in [1.165, 1.54) is 10.8 Å². The molecule has 1 aromatic heterocycles. The molecule has 2 heterocycles. The summed E-state index contributed by atoms with van der Waals surface area (Å²) in [7, 11) is 0. The SMILES string of the molecule is Cc1cn([C@H]2C[C@@H](N=[N+]=[N-])[C@H](CO)O2)c(=O)[nH]c1=O. The number of hydrogen-bond donors (Lipinski definition) is 2. The zero-order chi connectivity index (χ0) is 14.0. The molecular formula is C10H13N5O4. The molecule has 0 radical (unpaired) electrons. The summed E-state index contributed by atoms with van der Waals surface area (Å²) in [5.74, 6) is 0. The topological polar surface area (TPSA) is 133 Å². The molecule has 1 aliphatic rings. The van der Waals surface area contributed by atoms with E-state index in [4.69, 9.17) is 15.4 Å². The van der Waals surface area contributed by atoms with Gasteiger partial charge in [-0.25, -0.2) is 4.79 Å². The van der Waals surface area contributed by atoms with E-state index >= 15 is 0 Å². The minimum Gasteiger partial charge on any atom is -0.394 e. The number of ether oxygens (including phenoxy) is 1. The number of aliphatic hydroxyl groups excluding tert-OH is 1. The van der Waals surface area contributed by atoms with Crippen molar-refractivity contribution in [3.8, 4) is 0 Å². The fraction of sp³-hybridized carbons (Fsp3) is 0.600. The molecule has 0 amide bonds. The van der Waals surface area contributed by atoms with Crippen LogP contribution in [0.25, 0.3) is 10.4 Å². The van der Waals surface area contributed by atoms with E-state index in [-0.39, 0.29) is 13.0 Å². The second-order valence-electron chi connectivity index (χ2n) is 4.30. The van der Waals surface area contributed by atoms with Crippen LogP contribution in [0.15, 0.2) is 20.9 Å². The number of aromatic amines is 1. The zero-order valence-corrected chi connectivity index (χ0v) is 10.2. The number of aromatic nitrogens is 2. The smallest absolute Gasteiger partial charge is 0.330 e. The molecule has 0 saturated carbocycles. The third-order valence-corrected chi connectivity index (χ3v) is 3.04. The number of H-pyrrole nitrogens is 1. The van der Waals surface area contributed by atoms with E-state index in [0.717, 1.165) is 0 Å². The molecule has 0 spiro atoms. The minimum absolute atomic E-state index is 0.265. The third kappa shape index (κ3) is 2.53. The maximum atomic E-state index is 11.7. The summed E-state index contributed by atoms with van der Waals surface area (Å²) in [6.07, 6.45) is 0.329. The van der Waals surface area contributed by atoms with Gasteiger partial charge >= 0.3 is 5.69 Å².